The largest absolute Gasteiger partial charge is 0.471 e. The maximum absolute atomic E-state index is 17.0. The van der Waals surface area contributed by atoms with E-state index in [2.05, 4.69) is 39.5 Å². The van der Waals surface area contributed by atoms with Crippen LogP contribution in [0.25, 0.3) is 43.8 Å². The summed E-state index contributed by atoms with van der Waals surface area (Å²) < 4.78 is 25.5. The number of nitrogens with zero attached hydrogens (tertiary/aromatic N) is 6. The molecule has 3 aromatic heterocycles. The van der Waals surface area contributed by atoms with Gasteiger partial charge in [0.2, 0.25) is 5.88 Å². The van der Waals surface area contributed by atoms with Crippen LogP contribution in [0.15, 0.2) is 36.5 Å². The van der Waals surface area contributed by atoms with E-state index in [1.807, 2.05) is 55.1 Å². The van der Waals surface area contributed by atoms with Crippen LogP contribution >= 0.6 is 0 Å². The lowest BCUT2D eigenvalue weighted by atomic mass is 9.92. The monoisotopic (exact) mass is 553 g/mol. The second kappa shape index (κ2) is 10.3. The van der Waals surface area contributed by atoms with Crippen molar-refractivity contribution in [3.8, 4) is 17.0 Å². The zero-order chi connectivity index (χ0) is 28.2. The van der Waals surface area contributed by atoms with Crippen LogP contribution in [0.4, 0.5) is 4.39 Å². The highest BCUT2D eigenvalue weighted by Gasteiger charge is 2.31. The highest BCUT2D eigenvalue weighted by Crippen LogP contribution is 2.41. The molecule has 0 bridgehead atoms. The summed E-state index contributed by atoms with van der Waals surface area (Å²) in [6.07, 6.45) is 5.78. The lowest BCUT2D eigenvalue weighted by Gasteiger charge is -2.27. The van der Waals surface area contributed by atoms with E-state index in [1.165, 1.54) is 0 Å². The number of rotatable bonds is 5. The van der Waals surface area contributed by atoms with Gasteiger partial charge in [0.1, 0.15) is 17.1 Å². The quantitative estimate of drug-likeness (QED) is 0.297. The summed E-state index contributed by atoms with van der Waals surface area (Å²) in [5, 5.41) is 15.3. The van der Waals surface area contributed by atoms with Crippen LogP contribution in [0.5, 0.6) is 5.88 Å². The van der Waals surface area contributed by atoms with Gasteiger partial charge in [-0.05, 0) is 90.2 Å². The Hall–Kier alpha value is -3.69. The summed E-state index contributed by atoms with van der Waals surface area (Å²) in [5.74, 6) is -0.0151. The summed E-state index contributed by atoms with van der Waals surface area (Å²) in [4.78, 5) is 11.8. The van der Waals surface area contributed by atoms with Gasteiger partial charge in [0.15, 0.2) is 11.3 Å². The van der Waals surface area contributed by atoms with Crippen LogP contribution in [-0.4, -0.2) is 68.7 Å². The fourth-order valence-electron chi connectivity index (χ4n) is 6.96. The molecule has 2 aliphatic heterocycles. The highest BCUT2D eigenvalue weighted by atomic mass is 19.1. The van der Waals surface area contributed by atoms with Crippen molar-refractivity contribution < 1.29 is 9.13 Å². The Bertz CT molecular complexity index is 1780. The molecule has 2 atom stereocenters. The summed E-state index contributed by atoms with van der Waals surface area (Å²) >= 11 is 0. The molecular weight excluding hydrogens is 517 g/mol. The van der Waals surface area contributed by atoms with Crippen LogP contribution in [0.2, 0.25) is 0 Å². The number of piperidine rings is 1. The number of ether oxygens (including phenoxy) is 1. The molecule has 0 aliphatic carbocycles. The number of aryl methyl sites for hydroxylation is 2. The van der Waals surface area contributed by atoms with Crippen molar-refractivity contribution in [3.63, 3.8) is 0 Å². The molecule has 5 aromatic rings. The Balaban J connectivity index is 1.48. The smallest absolute Gasteiger partial charge is 0.245 e. The van der Waals surface area contributed by atoms with Crippen molar-refractivity contribution in [2.45, 2.75) is 64.6 Å². The van der Waals surface area contributed by atoms with Crippen LogP contribution in [0, 0.1) is 19.7 Å². The van der Waals surface area contributed by atoms with Crippen molar-refractivity contribution in [3.05, 3.63) is 53.6 Å². The van der Waals surface area contributed by atoms with Gasteiger partial charge in [-0.15, -0.1) is 5.10 Å². The molecule has 8 nitrogen and oxygen atoms in total. The van der Waals surface area contributed by atoms with E-state index in [0.717, 1.165) is 78.4 Å². The number of aromatic nitrogens is 5. The van der Waals surface area contributed by atoms with Gasteiger partial charge in [-0.1, -0.05) is 29.5 Å². The molecule has 2 fully saturated rings. The second-order valence-electron chi connectivity index (χ2n) is 11.7. The third-order valence-corrected chi connectivity index (χ3v) is 9.11. The number of fused-ring (bicyclic) bond motifs is 4. The van der Waals surface area contributed by atoms with E-state index >= 15 is 4.39 Å². The van der Waals surface area contributed by atoms with Gasteiger partial charge in [-0.25, -0.2) is 14.1 Å². The number of nitrogens with one attached hydrogen (secondary N) is 1. The third kappa shape index (κ3) is 4.33. The van der Waals surface area contributed by atoms with E-state index in [9.17, 15) is 0 Å². The zero-order valence-electron chi connectivity index (χ0n) is 24.1. The summed E-state index contributed by atoms with van der Waals surface area (Å²) in [5.41, 5.74) is 4.61. The Morgan fingerprint density at radius 3 is 2.63 bits per heavy atom. The van der Waals surface area contributed by atoms with E-state index in [-0.39, 0.29) is 29.5 Å². The molecule has 0 spiro atoms. The van der Waals surface area contributed by atoms with Gasteiger partial charge in [0.05, 0.1) is 6.04 Å². The van der Waals surface area contributed by atoms with Crippen molar-refractivity contribution in [2.24, 2.45) is 0 Å². The van der Waals surface area contributed by atoms with Crippen molar-refractivity contribution in [2.75, 3.05) is 26.7 Å². The maximum atomic E-state index is 17.0. The fraction of sp³-hybridized carbons (Fsp3) is 0.438. The number of likely N-dealkylation sites (N-methyl/N-ethyl adjacent to an activating group) is 1. The predicted molar refractivity (Wildman–Crippen MR) is 160 cm³/mol. The summed E-state index contributed by atoms with van der Waals surface area (Å²) in [7, 11) is 2.13. The van der Waals surface area contributed by atoms with E-state index in [1.54, 1.807) is 0 Å². The Kier molecular flexibility index (Phi) is 6.59. The second-order valence-corrected chi connectivity index (χ2v) is 11.7. The molecule has 0 saturated carbocycles. The van der Waals surface area contributed by atoms with Gasteiger partial charge in [-0.3, -0.25) is 9.88 Å². The molecule has 1 unspecified atom stereocenters. The maximum Gasteiger partial charge on any atom is 0.245 e. The Labute approximate surface area is 238 Å². The van der Waals surface area contributed by atoms with Crippen LogP contribution in [0.3, 0.4) is 0 Å². The molecule has 2 saturated heterocycles. The molecule has 7 rings (SSSR count). The molecule has 1 N–H and O–H groups in total. The average Bonchev–Trinajstić information content (AvgIpc) is 3.62. The van der Waals surface area contributed by atoms with E-state index in [0.29, 0.717) is 22.3 Å². The molecule has 212 valence electrons. The Morgan fingerprint density at radius 2 is 1.85 bits per heavy atom. The number of hydrogen-bond acceptors (Lipinski definition) is 7. The molecule has 5 heterocycles. The molecule has 2 aliphatic rings. The molecular formula is C32H36FN7O. The number of halogens is 1. The standard InChI is InChI=1S/C32H36FN7O/c1-18-16-24-29(28(33)26(18)27-19(2)35-17-21-8-5-6-9-23(21)27)36-32(41-20(3)25-10-7-15-39(25)4)30-31(24)40(38-37-30)22-11-13-34-14-12-22/h5-6,8-9,16-17,20,22,25,34H,7,10-15H2,1-4H3/t20-,25?/m0/s1. The van der Waals surface area contributed by atoms with Crippen molar-refractivity contribution in [1.82, 2.24) is 35.2 Å². The minimum absolute atomic E-state index is 0.128. The first-order chi connectivity index (χ1) is 19.9. The van der Waals surface area contributed by atoms with Crippen LogP contribution in [0.1, 0.15) is 49.9 Å². The fourth-order valence-corrected chi connectivity index (χ4v) is 6.96. The van der Waals surface area contributed by atoms with Crippen molar-refractivity contribution >= 4 is 32.7 Å². The van der Waals surface area contributed by atoms with Crippen LogP contribution < -0.4 is 10.1 Å². The van der Waals surface area contributed by atoms with Gasteiger partial charge < -0.3 is 10.1 Å². The molecule has 2 aromatic carbocycles. The first-order valence-corrected chi connectivity index (χ1v) is 14.7. The highest BCUT2D eigenvalue weighted by molar-refractivity contribution is 6.08. The van der Waals surface area contributed by atoms with E-state index in [4.69, 9.17) is 9.72 Å². The summed E-state index contributed by atoms with van der Waals surface area (Å²) in [6.45, 7) is 8.84. The summed E-state index contributed by atoms with van der Waals surface area (Å²) in [6, 6.07) is 10.5. The van der Waals surface area contributed by atoms with Gasteiger partial charge in [0, 0.05) is 39.8 Å². The molecule has 9 heteroatoms. The predicted octanol–water partition coefficient (Wildman–Crippen LogP) is 5.74. The lowest BCUT2D eigenvalue weighted by Crippen LogP contribution is -2.38. The topological polar surface area (TPSA) is 81.0 Å². The average molecular weight is 554 g/mol. The number of hydrogen-bond donors (Lipinski definition) is 1. The van der Waals surface area contributed by atoms with Gasteiger partial charge in [0.25, 0.3) is 0 Å². The van der Waals surface area contributed by atoms with E-state index < -0.39 is 0 Å². The van der Waals surface area contributed by atoms with Gasteiger partial charge in [-0.2, -0.15) is 0 Å². The molecule has 0 radical (unpaired) electrons. The number of benzene rings is 2. The minimum atomic E-state index is -0.364. The Morgan fingerprint density at radius 1 is 1.05 bits per heavy atom. The van der Waals surface area contributed by atoms with Crippen LogP contribution in [-0.2, 0) is 0 Å². The number of likely N-dealkylation sites (tertiary alicyclic amines) is 1. The van der Waals surface area contributed by atoms with Crippen molar-refractivity contribution in [1.29, 1.82) is 0 Å². The SMILES string of the molecule is Cc1cc2c(nc(O[C@@H](C)C3CCCN3C)c3nnn(C4CCNCC4)c32)c(F)c1-c1c(C)ncc2ccccc12. The zero-order valence-corrected chi connectivity index (χ0v) is 24.1. The normalized spacial score (nSPS) is 19.5. The third-order valence-electron chi connectivity index (χ3n) is 9.11. The first-order valence-electron chi connectivity index (χ1n) is 14.7. The van der Waals surface area contributed by atoms with Gasteiger partial charge >= 0.3 is 0 Å². The first kappa shape index (κ1) is 26.2. The molecule has 41 heavy (non-hydrogen) atoms. The lowest BCUT2D eigenvalue weighted by molar-refractivity contribution is 0.118. The molecule has 0 amide bonds. The number of pyridine rings is 2. The minimum Gasteiger partial charge on any atom is -0.471 e.